The normalized spacial score (nSPS) is 11.7. The number of aryl methyl sites for hydroxylation is 1. The van der Waals surface area contributed by atoms with Crippen LogP contribution in [0.3, 0.4) is 0 Å². The molecule has 3 aromatic rings. The van der Waals surface area contributed by atoms with E-state index in [9.17, 15) is 4.79 Å². The van der Waals surface area contributed by atoms with Gasteiger partial charge >= 0.3 is 0 Å². The van der Waals surface area contributed by atoms with E-state index in [0.29, 0.717) is 12.2 Å². The topological polar surface area (TPSA) is 54.3 Å². The minimum absolute atomic E-state index is 0.0951. The number of likely N-dealkylation sites (N-methyl/N-ethyl adjacent to an activating group) is 1. The fraction of sp³-hybridized carbons (Fsp3) is 0.476. The minimum Gasteiger partial charge on any atom is -0.302 e. The van der Waals surface area contributed by atoms with E-state index in [0.717, 1.165) is 35.0 Å². The molecule has 0 saturated heterocycles. The summed E-state index contributed by atoms with van der Waals surface area (Å²) < 4.78 is 2.92. The van der Waals surface area contributed by atoms with Gasteiger partial charge in [0.25, 0.3) is 5.91 Å². The third kappa shape index (κ3) is 4.42. The van der Waals surface area contributed by atoms with E-state index in [-0.39, 0.29) is 11.9 Å². The van der Waals surface area contributed by atoms with Gasteiger partial charge in [-0.1, -0.05) is 31.3 Å². The standard InChI is InChI=1S/C21H29N5OS/c1-6-24(7-2)12-13-25(20(27)18-10-11-26(23-18)15(3)4)21-22-17-9-8-16(5)14-19(17)28-21/h8-11,14-15H,6-7,12-13H2,1-5H3. The van der Waals surface area contributed by atoms with Crippen molar-refractivity contribution in [3.05, 3.63) is 41.7 Å². The van der Waals surface area contributed by atoms with Crippen molar-refractivity contribution in [2.45, 2.75) is 40.7 Å². The summed E-state index contributed by atoms with van der Waals surface area (Å²) in [6.07, 6.45) is 1.86. The highest BCUT2D eigenvalue weighted by atomic mass is 32.1. The van der Waals surface area contributed by atoms with Crippen molar-refractivity contribution in [1.29, 1.82) is 0 Å². The minimum atomic E-state index is -0.0951. The first-order chi connectivity index (χ1) is 13.4. The number of hydrogen-bond donors (Lipinski definition) is 0. The lowest BCUT2D eigenvalue weighted by Gasteiger charge is -2.24. The molecule has 0 aliphatic heterocycles. The van der Waals surface area contributed by atoms with Gasteiger partial charge in [-0.2, -0.15) is 5.10 Å². The second-order valence-corrected chi connectivity index (χ2v) is 8.24. The largest absolute Gasteiger partial charge is 0.302 e. The van der Waals surface area contributed by atoms with Crippen molar-refractivity contribution in [3.8, 4) is 0 Å². The Morgan fingerprint density at radius 2 is 1.93 bits per heavy atom. The number of amides is 1. The molecule has 6 nitrogen and oxygen atoms in total. The fourth-order valence-corrected chi connectivity index (χ4v) is 4.17. The Hall–Kier alpha value is -2.25. The van der Waals surface area contributed by atoms with Crippen molar-refractivity contribution < 1.29 is 4.79 Å². The molecule has 0 N–H and O–H groups in total. The molecule has 0 unspecified atom stereocenters. The van der Waals surface area contributed by atoms with Gasteiger partial charge in [0.2, 0.25) is 0 Å². The summed E-state index contributed by atoms with van der Waals surface area (Å²) in [5, 5.41) is 5.21. The zero-order chi connectivity index (χ0) is 20.3. The lowest BCUT2D eigenvalue weighted by Crippen LogP contribution is -2.39. The van der Waals surface area contributed by atoms with E-state index in [1.165, 1.54) is 5.56 Å². The van der Waals surface area contributed by atoms with Crippen LogP contribution in [-0.4, -0.2) is 51.8 Å². The predicted molar refractivity (Wildman–Crippen MR) is 116 cm³/mol. The first kappa shape index (κ1) is 20.5. The van der Waals surface area contributed by atoms with E-state index < -0.39 is 0 Å². The van der Waals surface area contributed by atoms with Crippen LogP contribution in [0, 0.1) is 6.92 Å². The molecule has 0 saturated carbocycles. The van der Waals surface area contributed by atoms with E-state index in [2.05, 4.69) is 56.8 Å². The lowest BCUT2D eigenvalue weighted by atomic mass is 10.2. The smallest absolute Gasteiger partial charge is 0.280 e. The van der Waals surface area contributed by atoms with Gasteiger partial charge in [-0.05, 0) is 57.6 Å². The Balaban J connectivity index is 1.93. The first-order valence-corrected chi connectivity index (χ1v) is 10.7. The number of aromatic nitrogens is 3. The molecule has 0 atom stereocenters. The molecule has 28 heavy (non-hydrogen) atoms. The Morgan fingerprint density at radius 1 is 1.18 bits per heavy atom. The third-order valence-electron chi connectivity index (χ3n) is 4.90. The summed E-state index contributed by atoms with van der Waals surface area (Å²) in [5.74, 6) is -0.0951. The van der Waals surface area contributed by atoms with Crippen LogP contribution in [0.1, 0.15) is 49.8 Å². The van der Waals surface area contributed by atoms with E-state index in [4.69, 9.17) is 4.98 Å². The molecular formula is C21H29N5OS. The monoisotopic (exact) mass is 399 g/mol. The second kappa shape index (κ2) is 8.84. The summed E-state index contributed by atoms with van der Waals surface area (Å²) in [4.78, 5) is 22.1. The summed E-state index contributed by atoms with van der Waals surface area (Å²) in [6.45, 7) is 13.8. The van der Waals surface area contributed by atoms with Gasteiger partial charge in [0.1, 0.15) is 0 Å². The van der Waals surface area contributed by atoms with Gasteiger partial charge in [0, 0.05) is 25.3 Å². The molecule has 0 radical (unpaired) electrons. The molecule has 0 aliphatic rings. The number of nitrogens with zero attached hydrogens (tertiary/aromatic N) is 5. The van der Waals surface area contributed by atoms with Crippen molar-refractivity contribution in [2.75, 3.05) is 31.1 Å². The third-order valence-corrected chi connectivity index (χ3v) is 5.94. The number of hydrogen-bond acceptors (Lipinski definition) is 5. The first-order valence-electron chi connectivity index (χ1n) is 9.89. The number of fused-ring (bicyclic) bond motifs is 1. The van der Waals surface area contributed by atoms with Crippen LogP contribution >= 0.6 is 11.3 Å². The predicted octanol–water partition coefficient (Wildman–Crippen LogP) is 4.37. The lowest BCUT2D eigenvalue weighted by molar-refractivity contribution is 0.0978. The van der Waals surface area contributed by atoms with Gasteiger partial charge in [0.05, 0.1) is 10.2 Å². The molecule has 3 rings (SSSR count). The number of carbonyl (C=O) groups is 1. The molecule has 2 heterocycles. The van der Waals surface area contributed by atoms with E-state index >= 15 is 0 Å². The summed E-state index contributed by atoms with van der Waals surface area (Å²) in [5.41, 5.74) is 2.59. The van der Waals surface area contributed by atoms with Crippen LogP contribution in [0.2, 0.25) is 0 Å². The summed E-state index contributed by atoms with van der Waals surface area (Å²) >= 11 is 1.56. The number of rotatable bonds is 8. The van der Waals surface area contributed by atoms with Crippen molar-refractivity contribution in [2.24, 2.45) is 0 Å². The highest BCUT2D eigenvalue weighted by molar-refractivity contribution is 7.22. The molecule has 0 bridgehead atoms. The Kier molecular flexibility index (Phi) is 6.46. The summed E-state index contributed by atoms with van der Waals surface area (Å²) in [6, 6.07) is 8.21. The maximum absolute atomic E-state index is 13.3. The highest BCUT2D eigenvalue weighted by Gasteiger charge is 2.24. The summed E-state index contributed by atoms with van der Waals surface area (Å²) in [7, 11) is 0. The molecule has 0 aliphatic carbocycles. The molecule has 1 amide bonds. The second-order valence-electron chi connectivity index (χ2n) is 7.23. The van der Waals surface area contributed by atoms with Crippen LogP contribution < -0.4 is 4.90 Å². The van der Waals surface area contributed by atoms with Crippen LogP contribution in [-0.2, 0) is 0 Å². The quantitative estimate of drug-likeness (QED) is 0.564. The molecular weight excluding hydrogens is 370 g/mol. The van der Waals surface area contributed by atoms with Crippen LogP contribution in [0.5, 0.6) is 0 Å². The zero-order valence-electron chi connectivity index (χ0n) is 17.3. The number of benzene rings is 1. The van der Waals surface area contributed by atoms with Crippen molar-refractivity contribution >= 4 is 32.6 Å². The van der Waals surface area contributed by atoms with Gasteiger partial charge in [0.15, 0.2) is 10.8 Å². The fourth-order valence-electron chi connectivity index (χ4n) is 3.08. The average molecular weight is 400 g/mol. The SMILES string of the molecule is CCN(CC)CCN(C(=O)c1ccn(C(C)C)n1)c1nc2ccc(C)cc2s1. The molecule has 7 heteroatoms. The van der Waals surface area contributed by atoms with Crippen molar-refractivity contribution in [1.82, 2.24) is 19.7 Å². The van der Waals surface area contributed by atoms with Gasteiger partial charge in [-0.3, -0.25) is 14.4 Å². The van der Waals surface area contributed by atoms with Gasteiger partial charge < -0.3 is 4.90 Å². The number of thiazole rings is 1. The maximum Gasteiger partial charge on any atom is 0.280 e. The Labute approximate surface area is 170 Å². The zero-order valence-corrected chi connectivity index (χ0v) is 18.2. The molecule has 1 aromatic carbocycles. The van der Waals surface area contributed by atoms with Crippen LogP contribution in [0.4, 0.5) is 5.13 Å². The van der Waals surface area contributed by atoms with Crippen LogP contribution in [0.15, 0.2) is 30.5 Å². The molecule has 0 spiro atoms. The van der Waals surface area contributed by atoms with Gasteiger partial charge in [-0.15, -0.1) is 0 Å². The molecule has 0 fully saturated rings. The Morgan fingerprint density at radius 3 is 2.57 bits per heavy atom. The van der Waals surface area contributed by atoms with E-state index in [1.807, 2.05) is 16.9 Å². The van der Waals surface area contributed by atoms with Crippen LogP contribution in [0.25, 0.3) is 10.2 Å². The number of carbonyl (C=O) groups excluding carboxylic acids is 1. The van der Waals surface area contributed by atoms with Gasteiger partial charge in [-0.25, -0.2) is 4.98 Å². The van der Waals surface area contributed by atoms with E-state index in [1.54, 1.807) is 22.3 Å². The maximum atomic E-state index is 13.3. The average Bonchev–Trinajstić information content (AvgIpc) is 3.31. The molecule has 2 aromatic heterocycles. The molecule has 150 valence electrons. The Bertz CT molecular complexity index is 941. The highest BCUT2D eigenvalue weighted by Crippen LogP contribution is 2.30. The van der Waals surface area contributed by atoms with Crippen molar-refractivity contribution in [3.63, 3.8) is 0 Å². The number of anilines is 1.